The summed E-state index contributed by atoms with van der Waals surface area (Å²) in [7, 11) is 1.25. The van der Waals surface area contributed by atoms with E-state index in [-0.39, 0.29) is 11.5 Å². The first-order valence-electron chi connectivity index (χ1n) is 3.13. The van der Waals surface area contributed by atoms with Crippen LogP contribution in [0.5, 0.6) is 0 Å². The standard InChI is InChI=1S/C6H5Br2N3O2/c1-13-6(12)2-5(9)11-4(8)3(7)10-2/h1H3,(H2,9,11). The average Bonchev–Trinajstić information content (AvgIpc) is 2.10. The molecular formula is C6H5Br2N3O2. The van der Waals surface area contributed by atoms with Gasteiger partial charge in [0.05, 0.1) is 7.11 Å². The lowest BCUT2D eigenvalue weighted by molar-refractivity contribution is 0.0594. The molecule has 7 heteroatoms. The number of nitrogen functional groups attached to an aromatic ring is 1. The minimum absolute atomic E-state index is 0.00225. The van der Waals surface area contributed by atoms with Gasteiger partial charge in [-0.25, -0.2) is 14.8 Å². The zero-order valence-corrected chi connectivity index (χ0v) is 9.72. The van der Waals surface area contributed by atoms with Crippen LogP contribution in [0.15, 0.2) is 9.21 Å². The number of methoxy groups -OCH3 is 1. The number of hydrogen-bond donors (Lipinski definition) is 1. The van der Waals surface area contributed by atoms with Crippen molar-refractivity contribution in [1.29, 1.82) is 0 Å². The number of rotatable bonds is 1. The third-order valence-electron chi connectivity index (χ3n) is 1.22. The Labute approximate surface area is 91.0 Å². The molecule has 0 bridgehead atoms. The molecule has 0 saturated heterocycles. The van der Waals surface area contributed by atoms with Gasteiger partial charge in [-0.3, -0.25) is 0 Å². The van der Waals surface area contributed by atoms with Crippen molar-refractivity contribution in [2.45, 2.75) is 0 Å². The van der Waals surface area contributed by atoms with Gasteiger partial charge in [-0.1, -0.05) is 0 Å². The average molecular weight is 311 g/mol. The number of esters is 1. The summed E-state index contributed by atoms with van der Waals surface area (Å²) in [6.45, 7) is 0. The van der Waals surface area contributed by atoms with Crippen LogP contribution >= 0.6 is 31.9 Å². The first-order chi connectivity index (χ1) is 6.06. The fourth-order valence-electron chi connectivity index (χ4n) is 0.653. The summed E-state index contributed by atoms with van der Waals surface area (Å²) in [6.07, 6.45) is 0. The summed E-state index contributed by atoms with van der Waals surface area (Å²) >= 11 is 6.19. The van der Waals surface area contributed by atoms with Crippen LogP contribution in [0, 0.1) is 0 Å². The Balaban J connectivity index is 3.23. The second-order valence-corrected chi connectivity index (χ2v) is 3.53. The zero-order valence-electron chi connectivity index (χ0n) is 6.54. The lowest BCUT2D eigenvalue weighted by Gasteiger charge is -2.03. The van der Waals surface area contributed by atoms with Gasteiger partial charge in [-0.15, -0.1) is 0 Å². The van der Waals surface area contributed by atoms with E-state index in [0.29, 0.717) is 9.21 Å². The van der Waals surface area contributed by atoms with Crippen molar-refractivity contribution < 1.29 is 9.53 Å². The molecule has 0 aliphatic carbocycles. The molecular weight excluding hydrogens is 306 g/mol. The quantitative estimate of drug-likeness (QED) is 0.793. The maximum Gasteiger partial charge on any atom is 0.360 e. The van der Waals surface area contributed by atoms with Crippen LogP contribution in [0.1, 0.15) is 10.5 Å². The molecule has 13 heavy (non-hydrogen) atoms. The van der Waals surface area contributed by atoms with E-state index in [2.05, 4.69) is 46.6 Å². The lowest BCUT2D eigenvalue weighted by Crippen LogP contribution is -2.10. The Morgan fingerprint density at radius 2 is 1.92 bits per heavy atom. The fraction of sp³-hybridized carbons (Fsp3) is 0.167. The van der Waals surface area contributed by atoms with E-state index in [4.69, 9.17) is 5.73 Å². The molecule has 1 rings (SSSR count). The summed E-state index contributed by atoms with van der Waals surface area (Å²) in [6, 6.07) is 0. The first-order valence-corrected chi connectivity index (χ1v) is 4.71. The van der Waals surface area contributed by atoms with E-state index >= 15 is 0 Å². The molecule has 0 saturated carbocycles. The highest BCUT2D eigenvalue weighted by Crippen LogP contribution is 2.21. The molecule has 0 amide bonds. The van der Waals surface area contributed by atoms with Crippen LogP contribution < -0.4 is 5.73 Å². The van der Waals surface area contributed by atoms with Gasteiger partial charge in [0, 0.05) is 0 Å². The second-order valence-electron chi connectivity index (χ2n) is 2.03. The maximum absolute atomic E-state index is 11.1. The van der Waals surface area contributed by atoms with E-state index in [9.17, 15) is 4.79 Å². The number of carbonyl (C=O) groups excluding carboxylic acids is 1. The van der Waals surface area contributed by atoms with Gasteiger partial charge in [0.25, 0.3) is 0 Å². The Hall–Kier alpha value is -0.690. The molecule has 0 aliphatic rings. The van der Waals surface area contributed by atoms with E-state index < -0.39 is 5.97 Å². The van der Waals surface area contributed by atoms with E-state index in [1.165, 1.54) is 7.11 Å². The predicted molar refractivity (Wildman–Crippen MR) is 53.2 cm³/mol. The number of aromatic nitrogens is 2. The number of ether oxygens (including phenoxy) is 1. The Bertz CT molecular complexity index is 356. The van der Waals surface area contributed by atoms with Crippen LogP contribution in [0.3, 0.4) is 0 Å². The highest BCUT2D eigenvalue weighted by atomic mass is 79.9. The van der Waals surface area contributed by atoms with Crippen molar-refractivity contribution in [3.63, 3.8) is 0 Å². The smallest absolute Gasteiger partial charge is 0.360 e. The number of carbonyl (C=O) groups is 1. The number of halogens is 2. The summed E-state index contributed by atoms with van der Waals surface area (Å²) in [5.74, 6) is -0.583. The van der Waals surface area contributed by atoms with E-state index in [1.807, 2.05) is 0 Å². The molecule has 5 nitrogen and oxygen atoms in total. The molecule has 0 aliphatic heterocycles. The first kappa shape index (κ1) is 10.4. The summed E-state index contributed by atoms with van der Waals surface area (Å²) in [4.78, 5) is 18.7. The van der Waals surface area contributed by atoms with Crippen LogP contribution in [0.4, 0.5) is 5.82 Å². The van der Waals surface area contributed by atoms with Crippen LogP contribution in [0.25, 0.3) is 0 Å². The van der Waals surface area contributed by atoms with Crippen molar-refractivity contribution in [1.82, 2.24) is 9.97 Å². The van der Waals surface area contributed by atoms with Crippen molar-refractivity contribution >= 4 is 43.6 Å². The number of nitrogens with zero attached hydrogens (tertiary/aromatic N) is 2. The predicted octanol–water partition coefficient (Wildman–Crippen LogP) is 1.37. The van der Waals surface area contributed by atoms with Crippen molar-refractivity contribution in [2.24, 2.45) is 0 Å². The van der Waals surface area contributed by atoms with Crippen LogP contribution in [0.2, 0.25) is 0 Å². The van der Waals surface area contributed by atoms with Gasteiger partial charge in [-0.2, -0.15) is 0 Å². The minimum Gasteiger partial charge on any atom is -0.464 e. The Morgan fingerprint density at radius 3 is 2.46 bits per heavy atom. The molecule has 0 atom stereocenters. The van der Waals surface area contributed by atoms with Gasteiger partial charge < -0.3 is 10.5 Å². The third kappa shape index (κ3) is 2.16. The third-order valence-corrected chi connectivity index (χ3v) is 2.86. The zero-order chi connectivity index (χ0) is 10.0. The summed E-state index contributed by atoms with van der Waals surface area (Å²) in [5.41, 5.74) is 5.44. The highest BCUT2D eigenvalue weighted by molar-refractivity contribution is 9.13. The van der Waals surface area contributed by atoms with Crippen LogP contribution in [-0.4, -0.2) is 23.0 Å². The van der Waals surface area contributed by atoms with Gasteiger partial charge in [0.2, 0.25) is 0 Å². The Morgan fingerprint density at radius 1 is 1.38 bits per heavy atom. The summed E-state index contributed by atoms with van der Waals surface area (Å²) in [5, 5.41) is 0. The number of hydrogen-bond acceptors (Lipinski definition) is 5. The number of anilines is 1. The largest absolute Gasteiger partial charge is 0.464 e. The molecule has 0 radical (unpaired) electrons. The van der Waals surface area contributed by atoms with Crippen LogP contribution in [-0.2, 0) is 4.74 Å². The number of nitrogens with two attached hydrogens (primary N) is 1. The Kier molecular flexibility index (Phi) is 3.21. The van der Waals surface area contributed by atoms with Gasteiger partial charge in [0.1, 0.15) is 9.21 Å². The topological polar surface area (TPSA) is 78.1 Å². The monoisotopic (exact) mass is 309 g/mol. The van der Waals surface area contributed by atoms with Gasteiger partial charge in [0.15, 0.2) is 11.5 Å². The molecule has 2 N–H and O–H groups in total. The molecule has 0 fully saturated rings. The molecule has 0 aromatic carbocycles. The van der Waals surface area contributed by atoms with Crippen molar-refractivity contribution in [3.05, 3.63) is 14.9 Å². The second kappa shape index (κ2) is 4.01. The highest BCUT2D eigenvalue weighted by Gasteiger charge is 2.15. The lowest BCUT2D eigenvalue weighted by atomic mass is 10.4. The fourth-order valence-corrected chi connectivity index (χ4v) is 1.20. The minimum atomic E-state index is -0.613. The normalized spacial score (nSPS) is 9.77. The van der Waals surface area contributed by atoms with Crippen molar-refractivity contribution in [2.75, 3.05) is 12.8 Å². The van der Waals surface area contributed by atoms with E-state index in [1.54, 1.807) is 0 Å². The van der Waals surface area contributed by atoms with Crippen molar-refractivity contribution in [3.8, 4) is 0 Å². The van der Waals surface area contributed by atoms with E-state index in [0.717, 1.165) is 0 Å². The summed E-state index contributed by atoms with van der Waals surface area (Å²) < 4.78 is 5.30. The molecule has 70 valence electrons. The maximum atomic E-state index is 11.1. The molecule has 1 aromatic rings. The molecule has 1 aromatic heterocycles. The van der Waals surface area contributed by atoms with Gasteiger partial charge >= 0.3 is 5.97 Å². The molecule has 1 heterocycles. The van der Waals surface area contributed by atoms with Gasteiger partial charge in [-0.05, 0) is 31.9 Å². The molecule has 0 unspecified atom stereocenters. The molecule has 0 spiro atoms. The SMILES string of the molecule is COC(=O)c1nc(Br)c(Br)nc1N.